The molecule has 0 saturated carbocycles. The van der Waals surface area contributed by atoms with E-state index in [1.165, 1.54) is 5.19 Å². The van der Waals surface area contributed by atoms with Crippen LogP contribution in [0.3, 0.4) is 0 Å². The smallest absolute Gasteiger partial charge is 0.258 e. The Morgan fingerprint density at radius 2 is 1.62 bits per heavy atom. The van der Waals surface area contributed by atoms with Crippen molar-refractivity contribution in [1.82, 2.24) is 0 Å². The molecule has 13 heavy (non-hydrogen) atoms. The number of non-ortho nitro benzene ring substituents is 1. The van der Waals surface area contributed by atoms with Crippen molar-refractivity contribution in [3.05, 3.63) is 34.4 Å². The third-order valence-electron chi connectivity index (χ3n) is 1.94. The zero-order valence-corrected chi connectivity index (χ0v) is 9.07. The van der Waals surface area contributed by atoms with E-state index in [4.69, 9.17) is 0 Å². The zero-order valence-electron chi connectivity index (χ0n) is 8.07. The molecule has 70 valence electrons. The van der Waals surface area contributed by atoms with Crippen LogP contribution >= 0.6 is 0 Å². The van der Waals surface area contributed by atoms with Gasteiger partial charge in [0.2, 0.25) is 0 Å². The highest BCUT2D eigenvalue weighted by Gasteiger charge is 2.16. The topological polar surface area (TPSA) is 43.1 Å². The minimum atomic E-state index is -1.31. The summed E-state index contributed by atoms with van der Waals surface area (Å²) >= 11 is 0. The number of benzene rings is 1. The molecular formula is C9H13NO2Si. The number of rotatable bonds is 2. The maximum atomic E-state index is 10.4. The molecule has 1 aromatic carbocycles. The quantitative estimate of drug-likeness (QED) is 0.412. The van der Waals surface area contributed by atoms with Crippen LogP contribution in [0.1, 0.15) is 0 Å². The number of nitro groups is 1. The van der Waals surface area contributed by atoms with Crippen molar-refractivity contribution >= 4 is 18.9 Å². The summed E-state index contributed by atoms with van der Waals surface area (Å²) in [7, 11) is -1.31. The average Bonchev–Trinajstić information content (AvgIpc) is 2.03. The standard InChI is InChI=1S/C9H13NO2Si/c1-13(2,3)9-6-4-8(5-7-9)10(11)12/h4-7H,1-3H3. The summed E-state index contributed by atoms with van der Waals surface area (Å²) in [4.78, 5) is 10.0. The highest BCUT2D eigenvalue weighted by atomic mass is 28.3. The first-order valence-corrected chi connectivity index (χ1v) is 7.66. The first-order valence-electron chi connectivity index (χ1n) is 4.16. The van der Waals surface area contributed by atoms with Crippen molar-refractivity contribution in [2.45, 2.75) is 19.6 Å². The van der Waals surface area contributed by atoms with E-state index in [0.717, 1.165) is 0 Å². The monoisotopic (exact) mass is 195 g/mol. The van der Waals surface area contributed by atoms with Crippen LogP contribution in [0, 0.1) is 10.1 Å². The Balaban J connectivity index is 3.01. The van der Waals surface area contributed by atoms with Crippen LogP contribution in [-0.2, 0) is 0 Å². The predicted molar refractivity (Wildman–Crippen MR) is 56.1 cm³/mol. The summed E-state index contributed by atoms with van der Waals surface area (Å²) in [5, 5.41) is 11.6. The van der Waals surface area contributed by atoms with Crippen LogP contribution in [0.2, 0.25) is 19.6 Å². The summed E-state index contributed by atoms with van der Waals surface area (Å²) in [6, 6.07) is 6.88. The Kier molecular flexibility index (Phi) is 2.52. The lowest BCUT2D eigenvalue weighted by molar-refractivity contribution is -0.384. The van der Waals surface area contributed by atoms with Crippen molar-refractivity contribution in [1.29, 1.82) is 0 Å². The normalized spacial score (nSPS) is 11.3. The Hall–Kier alpha value is -1.16. The maximum Gasteiger partial charge on any atom is 0.269 e. The van der Waals surface area contributed by atoms with Crippen molar-refractivity contribution in [2.24, 2.45) is 0 Å². The largest absolute Gasteiger partial charge is 0.269 e. The van der Waals surface area contributed by atoms with Gasteiger partial charge < -0.3 is 0 Å². The molecule has 3 nitrogen and oxygen atoms in total. The Labute approximate surface area is 78.6 Å². The third-order valence-corrected chi connectivity index (χ3v) is 4.01. The first-order chi connectivity index (χ1) is 5.91. The Morgan fingerprint density at radius 1 is 1.15 bits per heavy atom. The van der Waals surface area contributed by atoms with Crippen LogP contribution in [0.4, 0.5) is 5.69 Å². The third kappa shape index (κ3) is 2.38. The Morgan fingerprint density at radius 3 is 1.92 bits per heavy atom. The van der Waals surface area contributed by atoms with E-state index < -0.39 is 8.07 Å². The lowest BCUT2D eigenvalue weighted by Crippen LogP contribution is -2.37. The predicted octanol–water partition coefficient (Wildman–Crippen LogP) is 2.14. The minimum Gasteiger partial charge on any atom is -0.258 e. The summed E-state index contributed by atoms with van der Waals surface area (Å²) in [6.07, 6.45) is 0. The molecule has 0 fully saturated rings. The SMILES string of the molecule is C[Si](C)(C)c1ccc([N+](=O)[O-])cc1. The summed E-state index contributed by atoms with van der Waals surface area (Å²) in [5.74, 6) is 0. The number of hydrogen-bond donors (Lipinski definition) is 0. The van der Waals surface area contributed by atoms with E-state index in [-0.39, 0.29) is 10.6 Å². The van der Waals surface area contributed by atoms with Gasteiger partial charge in [0.1, 0.15) is 0 Å². The van der Waals surface area contributed by atoms with Crippen LogP contribution < -0.4 is 5.19 Å². The lowest BCUT2D eigenvalue weighted by Gasteiger charge is -2.15. The molecule has 0 amide bonds. The van der Waals surface area contributed by atoms with E-state index >= 15 is 0 Å². The van der Waals surface area contributed by atoms with E-state index in [1.54, 1.807) is 12.1 Å². The second kappa shape index (κ2) is 3.30. The van der Waals surface area contributed by atoms with Gasteiger partial charge >= 0.3 is 0 Å². The van der Waals surface area contributed by atoms with Crippen molar-refractivity contribution in [2.75, 3.05) is 0 Å². The molecule has 0 bridgehead atoms. The van der Waals surface area contributed by atoms with Gasteiger partial charge in [0, 0.05) is 12.1 Å². The lowest BCUT2D eigenvalue weighted by atomic mass is 10.3. The molecule has 0 atom stereocenters. The molecule has 0 radical (unpaired) electrons. The molecule has 0 unspecified atom stereocenters. The second-order valence-electron chi connectivity index (χ2n) is 4.05. The van der Waals surface area contributed by atoms with E-state index in [0.29, 0.717) is 0 Å². The first kappa shape index (κ1) is 9.92. The van der Waals surface area contributed by atoms with Gasteiger partial charge in [0.15, 0.2) is 0 Å². The van der Waals surface area contributed by atoms with E-state index in [1.807, 2.05) is 12.1 Å². The molecule has 1 rings (SSSR count). The van der Waals surface area contributed by atoms with Crippen molar-refractivity contribution in [3.63, 3.8) is 0 Å². The zero-order chi connectivity index (χ0) is 10.1. The van der Waals surface area contributed by atoms with Gasteiger partial charge in [0.05, 0.1) is 13.0 Å². The van der Waals surface area contributed by atoms with Crippen LogP contribution in [0.15, 0.2) is 24.3 Å². The maximum absolute atomic E-state index is 10.4. The van der Waals surface area contributed by atoms with Gasteiger partial charge in [-0.1, -0.05) is 37.0 Å². The summed E-state index contributed by atoms with van der Waals surface area (Å²) in [6.45, 7) is 6.65. The fourth-order valence-corrected chi connectivity index (χ4v) is 2.25. The number of nitro benzene ring substituents is 1. The van der Waals surface area contributed by atoms with Crippen LogP contribution in [0.25, 0.3) is 0 Å². The molecule has 4 heteroatoms. The summed E-state index contributed by atoms with van der Waals surface area (Å²) in [5.41, 5.74) is 0.169. The molecule has 0 aliphatic rings. The molecular weight excluding hydrogens is 182 g/mol. The highest BCUT2D eigenvalue weighted by molar-refractivity contribution is 6.88. The highest BCUT2D eigenvalue weighted by Crippen LogP contribution is 2.10. The molecule has 0 saturated heterocycles. The van der Waals surface area contributed by atoms with Gasteiger partial charge in [-0.15, -0.1) is 0 Å². The number of hydrogen-bond acceptors (Lipinski definition) is 2. The van der Waals surface area contributed by atoms with Crippen LogP contribution in [0.5, 0.6) is 0 Å². The average molecular weight is 195 g/mol. The molecule has 1 aromatic rings. The summed E-state index contributed by atoms with van der Waals surface area (Å²) < 4.78 is 0. The molecule has 0 aliphatic carbocycles. The Bertz CT molecular complexity index is 313. The van der Waals surface area contributed by atoms with Crippen molar-refractivity contribution < 1.29 is 4.92 Å². The van der Waals surface area contributed by atoms with Gasteiger partial charge in [-0.3, -0.25) is 10.1 Å². The van der Waals surface area contributed by atoms with E-state index in [9.17, 15) is 10.1 Å². The van der Waals surface area contributed by atoms with Gasteiger partial charge in [-0.25, -0.2) is 0 Å². The van der Waals surface area contributed by atoms with E-state index in [2.05, 4.69) is 19.6 Å². The fourth-order valence-electron chi connectivity index (χ4n) is 1.08. The van der Waals surface area contributed by atoms with Gasteiger partial charge in [-0.05, 0) is 0 Å². The molecule has 0 N–H and O–H groups in total. The van der Waals surface area contributed by atoms with Gasteiger partial charge in [-0.2, -0.15) is 0 Å². The second-order valence-corrected chi connectivity index (χ2v) is 9.13. The van der Waals surface area contributed by atoms with Crippen LogP contribution in [-0.4, -0.2) is 13.0 Å². The van der Waals surface area contributed by atoms with Gasteiger partial charge in [0.25, 0.3) is 5.69 Å². The number of nitrogens with zero attached hydrogens (tertiary/aromatic N) is 1. The fraction of sp³-hybridized carbons (Fsp3) is 0.333. The molecule has 0 heterocycles. The van der Waals surface area contributed by atoms with Crippen molar-refractivity contribution in [3.8, 4) is 0 Å². The molecule has 0 aromatic heterocycles. The molecule has 0 aliphatic heterocycles. The molecule has 0 spiro atoms. The minimum absolute atomic E-state index is 0.169.